The quantitative estimate of drug-likeness (QED) is 0.398. The van der Waals surface area contributed by atoms with Gasteiger partial charge in [-0.15, -0.1) is 0 Å². The second-order valence-corrected chi connectivity index (χ2v) is 8.54. The number of rotatable bonds is 6. The van der Waals surface area contributed by atoms with E-state index in [0.29, 0.717) is 34.4 Å². The first-order valence-corrected chi connectivity index (χ1v) is 11.0. The summed E-state index contributed by atoms with van der Waals surface area (Å²) in [5, 5.41) is 23.4. The van der Waals surface area contributed by atoms with Crippen molar-refractivity contribution in [2.45, 2.75) is 33.3 Å². The average molecular weight is 450 g/mol. The van der Waals surface area contributed by atoms with E-state index in [1.54, 1.807) is 24.3 Å². The normalized spacial score (nSPS) is 14.3. The lowest BCUT2D eigenvalue weighted by atomic mass is 9.97. The minimum Gasteiger partial charge on any atom is -0.459 e. The molecular weight excluding hydrogens is 422 g/mol. The van der Waals surface area contributed by atoms with Gasteiger partial charge in [-0.1, -0.05) is 6.92 Å². The first-order chi connectivity index (χ1) is 15.9. The maximum absolute atomic E-state index is 13.2. The lowest BCUT2D eigenvalue weighted by molar-refractivity contribution is -0.384. The van der Waals surface area contributed by atoms with Crippen LogP contribution < -0.4 is 10.2 Å². The summed E-state index contributed by atoms with van der Waals surface area (Å²) < 4.78 is 5.61. The second-order valence-electron chi connectivity index (χ2n) is 8.54. The van der Waals surface area contributed by atoms with Gasteiger partial charge in [0.1, 0.15) is 18.1 Å². The van der Waals surface area contributed by atoms with Crippen molar-refractivity contribution in [2.24, 2.45) is 5.92 Å². The fourth-order valence-electron chi connectivity index (χ4n) is 4.17. The fraction of sp³-hybridized carbons (Fsp3) is 0.320. The highest BCUT2D eigenvalue weighted by Crippen LogP contribution is 2.31. The number of hydrogen-bond acceptors (Lipinski definition) is 6. The molecule has 0 unspecified atom stereocenters. The number of aliphatic hydroxyl groups is 1. The standard InChI is InChI=1S/C25H27N3O5/c1-16-9-11-27(12-10-16)23-7-4-19(28(31)32)14-22(23)25(30)26-18-3-6-21(17(2)13-18)24-8-5-20(15-29)33-24/h3-8,13-14,16,29H,9-12,15H2,1-2H3,(H,26,30). The van der Waals surface area contributed by atoms with Crippen LogP contribution in [0.2, 0.25) is 0 Å². The van der Waals surface area contributed by atoms with Gasteiger partial charge >= 0.3 is 0 Å². The van der Waals surface area contributed by atoms with E-state index in [2.05, 4.69) is 17.1 Å². The SMILES string of the molecule is Cc1cc(NC(=O)c2cc([N+](=O)[O-])ccc2N2CCC(C)CC2)ccc1-c1ccc(CO)o1. The van der Waals surface area contributed by atoms with Crippen LogP contribution in [0.1, 0.15) is 41.4 Å². The van der Waals surface area contributed by atoms with Gasteiger partial charge in [0.2, 0.25) is 0 Å². The van der Waals surface area contributed by atoms with Crippen molar-refractivity contribution in [1.29, 1.82) is 0 Å². The molecule has 0 bridgehead atoms. The number of furan rings is 1. The molecule has 0 aliphatic carbocycles. The topological polar surface area (TPSA) is 109 Å². The Morgan fingerprint density at radius 3 is 2.58 bits per heavy atom. The molecule has 2 heterocycles. The van der Waals surface area contributed by atoms with Gasteiger partial charge in [0, 0.05) is 36.5 Å². The molecule has 0 spiro atoms. The number of anilines is 2. The average Bonchev–Trinajstić information content (AvgIpc) is 3.28. The molecule has 1 amide bonds. The lowest BCUT2D eigenvalue weighted by Gasteiger charge is -2.33. The van der Waals surface area contributed by atoms with Crippen LogP contribution in [-0.4, -0.2) is 29.0 Å². The fourth-order valence-corrected chi connectivity index (χ4v) is 4.17. The lowest BCUT2D eigenvalue weighted by Crippen LogP contribution is -2.34. The van der Waals surface area contributed by atoms with Crippen LogP contribution >= 0.6 is 0 Å². The maximum atomic E-state index is 13.2. The molecule has 1 aliphatic rings. The Labute approximate surface area is 192 Å². The van der Waals surface area contributed by atoms with Gasteiger partial charge in [-0.25, -0.2) is 0 Å². The highest BCUT2D eigenvalue weighted by atomic mass is 16.6. The number of non-ortho nitro benzene ring substituents is 1. The van der Waals surface area contributed by atoms with Gasteiger partial charge < -0.3 is 19.7 Å². The number of piperidine rings is 1. The molecule has 4 rings (SSSR count). The summed E-state index contributed by atoms with van der Waals surface area (Å²) in [5.74, 6) is 1.35. The summed E-state index contributed by atoms with van der Waals surface area (Å²) in [5.41, 5.74) is 3.21. The smallest absolute Gasteiger partial charge is 0.270 e. The zero-order chi connectivity index (χ0) is 23.5. The van der Waals surface area contributed by atoms with E-state index in [4.69, 9.17) is 4.42 Å². The first-order valence-electron chi connectivity index (χ1n) is 11.0. The third-order valence-electron chi connectivity index (χ3n) is 6.13. The van der Waals surface area contributed by atoms with E-state index >= 15 is 0 Å². The van der Waals surface area contributed by atoms with E-state index in [-0.39, 0.29) is 18.2 Å². The van der Waals surface area contributed by atoms with Gasteiger partial charge in [-0.3, -0.25) is 14.9 Å². The van der Waals surface area contributed by atoms with Gasteiger partial charge in [0.05, 0.1) is 16.2 Å². The largest absolute Gasteiger partial charge is 0.459 e. The number of carbonyl (C=O) groups is 1. The number of nitro benzene ring substituents is 1. The number of hydrogen-bond donors (Lipinski definition) is 2. The second kappa shape index (κ2) is 9.46. The Morgan fingerprint density at radius 1 is 1.18 bits per heavy atom. The van der Waals surface area contributed by atoms with Crippen molar-refractivity contribution in [1.82, 2.24) is 0 Å². The third-order valence-corrected chi connectivity index (χ3v) is 6.13. The Morgan fingerprint density at radius 2 is 1.94 bits per heavy atom. The van der Waals surface area contributed by atoms with Crippen LogP contribution in [0.3, 0.4) is 0 Å². The molecule has 0 atom stereocenters. The molecule has 8 nitrogen and oxygen atoms in total. The van der Waals surface area contributed by atoms with Gasteiger partial charge in [-0.05, 0) is 67.6 Å². The highest BCUT2D eigenvalue weighted by molar-refractivity contribution is 6.08. The van der Waals surface area contributed by atoms with Crippen LogP contribution in [-0.2, 0) is 6.61 Å². The summed E-state index contributed by atoms with van der Waals surface area (Å²) in [4.78, 5) is 26.2. The molecule has 172 valence electrons. The number of carbonyl (C=O) groups excluding carboxylic acids is 1. The monoisotopic (exact) mass is 449 g/mol. The van der Waals surface area contributed by atoms with Gasteiger partial charge in [0.15, 0.2) is 0 Å². The van der Waals surface area contributed by atoms with E-state index in [1.165, 1.54) is 12.1 Å². The molecule has 2 aromatic carbocycles. The van der Waals surface area contributed by atoms with Crippen LogP contribution in [0.5, 0.6) is 0 Å². The predicted molar refractivity (Wildman–Crippen MR) is 126 cm³/mol. The highest BCUT2D eigenvalue weighted by Gasteiger charge is 2.24. The predicted octanol–water partition coefficient (Wildman–Crippen LogP) is 5.14. The Hall–Kier alpha value is -3.65. The molecular formula is C25H27N3O5. The van der Waals surface area contributed by atoms with E-state index in [0.717, 1.165) is 37.1 Å². The molecule has 0 radical (unpaired) electrons. The summed E-state index contributed by atoms with van der Waals surface area (Å²) >= 11 is 0. The molecule has 33 heavy (non-hydrogen) atoms. The zero-order valence-corrected chi connectivity index (χ0v) is 18.7. The molecule has 1 saturated heterocycles. The summed E-state index contributed by atoms with van der Waals surface area (Å²) in [6.45, 7) is 5.56. The first kappa shape index (κ1) is 22.5. The molecule has 8 heteroatoms. The van der Waals surface area contributed by atoms with Crippen molar-refractivity contribution in [3.8, 4) is 11.3 Å². The van der Waals surface area contributed by atoms with Crippen LogP contribution in [0.4, 0.5) is 17.1 Å². The maximum Gasteiger partial charge on any atom is 0.270 e. The molecule has 3 aromatic rings. The number of nitrogens with zero attached hydrogens (tertiary/aromatic N) is 2. The molecule has 1 aliphatic heterocycles. The Kier molecular flexibility index (Phi) is 6.46. The van der Waals surface area contributed by atoms with Crippen LogP contribution in [0.25, 0.3) is 11.3 Å². The van der Waals surface area contributed by atoms with Crippen molar-refractivity contribution in [3.63, 3.8) is 0 Å². The molecule has 1 fully saturated rings. The van der Waals surface area contributed by atoms with E-state index in [9.17, 15) is 20.0 Å². The minimum absolute atomic E-state index is 0.113. The Balaban J connectivity index is 1.60. The number of nitrogens with one attached hydrogen (secondary N) is 1. The van der Waals surface area contributed by atoms with Gasteiger partial charge in [-0.2, -0.15) is 0 Å². The number of nitro groups is 1. The minimum atomic E-state index is -0.484. The van der Waals surface area contributed by atoms with Crippen molar-refractivity contribution in [3.05, 3.63) is 75.5 Å². The molecule has 2 N–H and O–H groups in total. The van der Waals surface area contributed by atoms with Crippen molar-refractivity contribution in [2.75, 3.05) is 23.3 Å². The zero-order valence-electron chi connectivity index (χ0n) is 18.7. The molecule has 1 aromatic heterocycles. The number of amides is 1. The molecule has 0 saturated carbocycles. The van der Waals surface area contributed by atoms with Crippen molar-refractivity contribution < 1.29 is 19.2 Å². The number of aryl methyl sites for hydroxylation is 1. The number of benzene rings is 2. The third kappa shape index (κ3) is 4.90. The van der Waals surface area contributed by atoms with Crippen LogP contribution in [0.15, 0.2) is 52.9 Å². The summed E-state index contributed by atoms with van der Waals surface area (Å²) in [7, 11) is 0. The summed E-state index contributed by atoms with van der Waals surface area (Å²) in [6, 6.07) is 13.4. The Bertz CT molecular complexity index is 1180. The van der Waals surface area contributed by atoms with E-state index in [1.807, 2.05) is 19.1 Å². The van der Waals surface area contributed by atoms with Gasteiger partial charge in [0.25, 0.3) is 11.6 Å². The van der Waals surface area contributed by atoms with E-state index < -0.39 is 4.92 Å². The van der Waals surface area contributed by atoms with Crippen molar-refractivity contribution >= 4 is 23.0 Å². The summed E-state index contributed by atoms with van der Waals surface area (Å²) in [6.07, 6.45) is 2.03. The van der Waals surface area contributed by atoms with Crippen LogP contribution in [0, 0.1) is 23.0 Å². The number of aliphatic hydroxyl groups excluding tert-OH is 1.